The standard InChI is InChI=1S/C14H22N2OS/c1-11-7-8-16(10-13(11)15)14(17)6-2-4-12-5-3-9-18-12/h3,5,9,11,13H,2,4,6-8,10,15H2,1H3. The predicted molar refractivity (Wildman–Crippen MR) is 75.6 cm³/mol. The summed E-state index contributed by atoms with van der Waals surface area (Å²) in [6, 6.07) is 4.35. The first-order valence-corrected chi connectivity index (χ1v) is 7.60. The molecule has 1 saturated heterocycles. The molecular formula is C14H22N2OS. The van der Waals surface area contributed by atoms with Crippen LogP contribution in [0.5, 0.6) is 0 Å². The first-order chi connectivity index (χ1) is 8.66. The number of nitrogens with zero attached hydrogens (tertiary/aromatic N) is 1. The second-order valence-electron chi connectivity index (χ2n) is 5.20. The maximum absolute atomic E-state index is 12.1. The third kappa shape index (κ3) is 3.56. The Bertz CT molecular complexity index is 377. The second kappa shape index (κ2) is 6.34. The van der Waals surface area contributed by atoms with Gasteiger partial charge < -0.3 is 10.6 Å². The number of rotatable bonds is 4. The molecule has 1 aliphatic heterocycles. The summed E-state index contributed by atoms with van der Waals surface area (Å²) in [5.41, 5.74) is 6.02. The van der Waals surface area contributed by atoms with Gasteiger partial charge in [0.25, 0.3) is 0 Å². The Labute approximate surface area is 113 Å². The van der Waals surface area contributed by atoms with Crippen molar-refractivity contribution in [3.63, 3.8) is 0 Å². The van der Waals surface area contributed by atoms with Crippen LogP contribution in [0.1, 0.15) is 31.1 Å². The molecular weight excluding hydrogens is 244 g/mol. The van der Waals surface area contributed by atoms with E-state index in [-0.39, 0.29) is 11.9 Å². The summed E-state index contributed by atoms with van der Waals surface area (Å²) in [6.45, 7) is 3.79. The predicted octanol–water partition coefficient (Wildman–Crippen LogP) is 2.27. The minimum Gasteiger partial charge on any atom is -0.341 e. The van der Waals surface area contributed by atoms with Crippen LogP contribution in [0.25, 0.3) is 0 Å². The quantitative estimate of drug-likeness (QED) is 0.908. The molecule has 2 atom stereocenters. The van der Waals surface area contributed by atoms with Crippen LogP contribution in [0.4, 0.5) is 0 Å². The number of hydrogen-bond acceptors (Lipinski definition) is 3. The molecule has 0 aromatic carbocycles. The van der Waals surface area contributed by atoms with Gasteiger partial charge in [0.1, 0.15) is 0 Å². The van der Waals surface area contributed by atoms with Crippen molar-refractivity contribution in [2.45, 2.75) is 38.6 Å². The van der Waals surface area contributed by atoms with E-state index in [1.807, 2.05) is 4.90 Å². The summed E-state index contributed by atoms with van der Waals surface area (Å²) < 4.78 is 0. The number of carbonyl (C=O) groups excluding carboxylic acids is 1. The zero-order chi connectivity index (χ0) is 13.0. The lowest BCUT2D eigenvalue weighted by Gasteiger charge is -2.35. The van der Waals surface area contributed by atoms with Gasteiger partial charge in [0.2, 0.25) is 5.91 Å². The van der Waals surface area contributed by atoms with Crippen LogP contribution >= 0.6 is 11.3 Å². The highest BCUT2D eigenvalue weighted by molar-refractivity contribution is 7.09. The average molecular weight is 266 g/mol. The Kier molecular flexibility index (Phi) is 4.78. The molecule has 0 saturated carbocycles. The van der Waals surface area contributed by atoms with E-state index in [0.717, 1.165) is 32.4 Å². The van der Waals surface area contributed by atoms with E-state index in [2.05, 4.69) is 24.4 Å². The first kappa shape index (κ1) is 13.6. The Balaban J connectivity index is 1.71. The lowest BCUT2D eigenvalue weighted by atomic mass is 9.94. The first-order valence-electron chi connectivity index (χ1n) is 6.72. The molecule has 100 valence electrons. The normalized spacial score (nSPS) is 24.2. The number of hydrogen-bond donors (Lipinski definition) is 1. The van der Waals surface area contributed by atoms with Crippen LogP contribution < -0.4 is 5.73 Å². The molecule has 18 heavy (non-hydrogen) atoms. The molecule has 1 amide bonds. The summed E-state index contributed by atoms with van der Waals surface area (Å²) in [7, 11) is 0. The van der Waals surface area contributed by atoms with Crippen molar-refractivity contribution in [3.8, 4) is 0 Å². The molecule has 2 heterocycles. The van der Waals surface area contributed by atoms with E-state index in [9.17, 15) is 4.79 Å². The minimum absolute atomic E-state index is 0.153. The van der Waals surface area contributed by atoms with Crippen LogP contribution in [0.2, 0.25) is 0 Å². The fourth-order valence-electron chi connectivity index (χ4n) is 2.35. The minimum atomic E-state index is 0.153. The number of carbonyl (C=O) groups is 1. The summed E-state index contributed by atoms with van der Waals surface area (Å²) in [5.74, 6) is 0.814. The molecule has 0 bridgehead atoms. The molecule has 4 heteroatoms. The third-order valence-corrected chi connectivity index (χ3v) is 4.70. The highest BCUT2D eigenvalue weighted by atomic mass is 32.1. The Morgan fingerprint density at radius 2 is 2.44 bits per heavy atom. The van der Waals surface area contributed by atoms with Gasteiger partial charge in [-0.25, -0.2) is 0 Å². The third-order valence-electron chi connectivity index (χ3n) is 3.76. The van der Waals surface area contributed by atoms with Crippen LogP contribution in [-0.2, 0) is 11.2 Å². The maximum atomic E-state index is 12.1. The smallest absolute Gasteiger partial charge is 0.222 e. The summed E-state index contributed by atoms with van der Waals surface area (Å²) in [6.07, 6.45) is 3.65. The molecule has 1 aromatic heterocycles. The van der Waals surface area contributed by atoms with Gasteiger partial charge in [-0.15, -0.1) is 11.3 Å². The number of amides is 1. The Morgan fingerprint density at radius 3 is 3.11 bits per heavy atom. The Hall–Kier alpha value is -0.870. The maximum Gasteiger partial charge on any atom is 0.222 e. The van der Waals surface area contributed by atoms with Gasteiger partial charge >= 0.3 is 0 Å². The molecule has 0 aliphatic carbocycles. The number of thiophene rings is 1. The summed E-state index contributed by atoms with van der Waals surface area (Å²) >= 11 is 1.77. The molecule has 2 N–H and O–H groups in total. The van der Waals surface area contributed by atoms with Crippen molar-refractivity contribution in [2.24, 2.45) is 11.7 Å². The topological polar surface area (TPSA) is 46.3 Å². The molecule has 0 radical (unpaired) electrons. The van der Waals surface area contributed by atoms with Crippen molar-refractivity contribution in [3.05, 3.63) is 22.4 Å². The Morgan fingerprint density at radius 1 is 1.61 bits per heavy atom. The second-order valence-corrected chi connectivity index (χ2v) is 6.23. The van der Waals surface area contributed by atoms with Gasteiger partial charge in [-0.3, -0.25) is 4.79 Å². The monoisotopic (exact) mass is 266 g/mol. The van der Waals surface area contributed by atoms with Crippen molar-refractivity contribution in [1.29, 1.82) is 0 Å². The van der Waals surface area contributed by atoms with E-state index in [4.69, 9.17) is 5.73 Å². The molecule has 2 unspecified atom stereocenters. The molecule has 0 spiro atoms. The van der Waals surface area contributed by atoms with Crippen LogP contribution in [0.15, 0.2) is 17.5 Å². The molecule has 3 nitrogen and oxygen atoms in total. The molecule has 2 rings (SSSR count). The zero-order valence-corrected chi connectivity index (χ0v) is 11.8. The van der Waals surface area contributed by atoms with Crippen molar-refractivity contribution in [1.82, 2.24) is 4.90 Å². The van der Waals surface area contributed by atoms with E-state index in [1.54, 1.807) is 11.3 Å². The van der Waals surface area contributed by atoms with Gasteiger partial charge in [-0.2, -0.15) is 0 Å². The highest BCUT2D eigenvalue weighted by Crippen LogP contribution is 2.17. The molecule has 1 aliphatic rings. The van der Waals surface area contributed by atoms with Gasteiger partial charge in [0.05, 0.1) is 0 Å². The lowest BCUT2D eigenvalue weighted by Crippen LogP contribution is -2.49. The van der Waals surface area contributed by atoms with Crippen LogP contribution in [-0.4, -0.2) is 29.9 Å². The van der Waals surface area contributed by atoms with Gasteiger partial charge in [-0.05, 0) is 36.6 Å². The average Bonchev–Trinajstić information content (AvgIpc) is 2.85. The largest absolute Gasteiger partial charge is 0.341 e. The fourth-order valence-corrected chi connectivity index (χ4v) is 3.10. The lowest BCUT2D eigenvalue weighted by molar-refractivity contribution is -0.133. The number of piperidine rings is 1. The fraction of sp³-hybridized carbons (Fsp3) is 0.643. The van der Waals surface area contributed by atoms with Crippen LogP contribution in [0, 0.1) is 5.92 Å². The van der Waals surface area contributed by atoms with E-state index in [1.165, 1.54) is 4.88 Å². The van der Waals surface area contributed by atoms with Crippen molar-refractivity contribution < 1.29 is 4.79 Å². The molecule has 1 fully saturated rings. The zero-order valence-electron chi connectivity index (χ0n) is 11.0. The van der Waals surface area contributed by atoms with Gasteiger partial charge in [-0.1, -0.05) is 13.0 Å². The van der Waals surface area contributed by atoms with E-state index >= 15 is 0 Å². The van der Waals surface area contributed by atoms with Crippen molar-refractivity contribution >= 4 is 17.2 Å². The van der Waals surface area contributed by atoms with Crippen molar-refractivity contribution in [2.75, 3.05) is 13.1 Å². The SMILES string of the molecule is CC1CCN(C(=O)CCCc2cccs2)CC1N. The van der Waals surface area contributed by atoms with E-state index in [0.29, 0.717) is 12.3 Å². The molecule has 1 aromatic rings. The highest BCUT2D eigenvalue weighted by Gasteiger charge is 2.25. The number of nitrogens with two attached hydrogens (primary N) is 1. The van der Waals surface area contributed by atoms with E-state index < -0.39 is 0 Å². The van der Waals surface area contributed by atoms with Gasteiger partial charge in [0.15, 0.2) is 0 Å². The summed E-state index contributed by atoms with van der Waals surface area (Å²) in [5, 5.41) is 2.09. The van der Waals surface area contributed by atoms with Gasteiger partial charge in [0, 0.05) is 30.4 Å². The summed E-state index contributed by atoms with van der Waals surface area (Å²) in [4.78, 5) is 15.4. The van der Waals surface area contributed by atoms with Crippen LogP contribution in [0.3, 0.4) is 0 Å². The number of likely N-dealkylation sites (tertiary alicyclic amines) is 1. The number of aryl methyl sites for hydroxylation is 1.